The van der Waals surface area contributed by atoms with Gasteiger partial charge < -0.3 is 4.74 Å². The average molecular weight is 236 g/mol. The van der Waals surface area contributed by atoms with Gasteiger partial charge in [0, 0.05) is 23.8 Å². The molecule has 94 valence electrons. The molecule has 2 rings (SSSR count). The number of carbonyl (C=O) groups is 2. The maximum absolute atomic E-state index is 12.0. The number of Topliss-reactive ketones (excluding diaryl/α,β-unsaturated/α-hetero) is 1. The smallest absolute Gasteiger partial charge is 0.333 e. The molecule has 0 N–H and O–H groups in total. The van der Waals surface area contributed by atoms with Crippen molar-refractivity contribution in [1.82, 2.24) is 0 Å². The summed E-state index contributed by atoms with van der Waals surface area (Å²) < 4.78 is 4.85. The fraction of sp³-hybridized carbons (Fsp3) is 0.714. The summed E-state index contributed by atoms with van der Waals surface area (Å²) in [4.78, 5) is 23.8. The van der Waals surface area contributed by atoms with Gasteiger partial charge in [0.15, 0.2) is 0 Å². The van der Waals surface area contributed by atoms with Gasteiger partial charge in [-0.3, -0.25) is 4.79 Å². The molecule has 0 aromatic carbocycles. The van der Waals surface area contributed by atoms with Crippen molar-refractivity contribution in [2.45, 2.75) is 45.4 Å². The predicted octanol–water partition coefficient (Wildman–Crippen LogP) is 2.65. The van der Waals surface area contributed by atoms with E-state index in [1.807, 2.05) is 6.92 Å². The summed E-state index contributed by atoms with van der Waals surface area (Å²) >= 11 is 0. The Kier molecular flexibility index (Phi) is 3.65. The lowest BCUT2D eigenvalue weighted by Gasteiger charge is -2.27. The summed E-state index contributed by atoms with van der Waals surface area (Å²) in [6, 6.07) is 0. The lowest BCUT2D eigenvalue weighted by Crippen LogP contribution is -2.29. The highest BCUT2D eigenvalue weighted by molar-refractivity contribution is 5.92. The zero-order valence-corrected chi connectivity index (χ0v) is 10.6. The van der Waals surface area contributed by atoms with Gasteiger partial charge in [-0.25, -0.2) is 4.79 Å². The van der Waals surface area contributed by atoms with Crippen LogP contribution in [0.25, 0.3) is 0 Å². The molecule has 0 unspecified atom stereocenters. The van der Waals surface area contributed by atoms with E-state index in [2.05, 4.69) is 0 Å². The molecule has 0 aromatic rings. The number of ether oxygens (including phenoxy) is 1. The number of methoxy groups -OCH3 is 1. The Morgan fingerprint density at radius 1 is 1.18 bits per heavy atom. The van der Waals surface area contributed by atoms with Crippen molar-refractivity contribution >= 4 is 11.8 Å². The average Bonchev–Trinajstić information content (AvgIpc) is 2.71. The molecule has 0 aromatic heterocycles. The number of hydrogen-bond acceptors (Lipinski definition) is 3. The Bertz CT molecular complexity index is 368. The second-order valence-electron chi connectivity index (χ2n) is 5.15. The molecule has 0 amide bonds. The van der Waals surface area contributed by atoms with Crippen molar-refractivity contribution < 1.29 is 14.3 Å². The Morgan fingerprint density at radius 2 is 1.94 bits per heavy atom. The van der Waals surface area contributed by atoms with Gasteiger partial charge in [0.1, 0.15) is 5.78 Å². The first-order chi connectivity index (χ1) is 8.15. The van der Waals surface area contributed by atoms with E-state index in [0.717, 1.165) is 43.3 Å². The van der Waals surface area contributed by atoms with Crippen LogP contribution in [0.2, 0.25) is 0 Å². The highest BCUT2D eigenvalue weighted by Crippen LogP contribution is 2.41. The van der Waals surface area contributed by atoms with E-state index in [1.165, 1.54) is 7.11 Å². The van der Waals surface area contributed by atoms with Crippen LogP contribution in [0, 0.1) is 11.8 Å². The first-order valence-electron chi connectivity index (χ1n) is 6.45. The molecule has 0 aliphatic heterocycles. The Balaban J connectivity index is 2.21. The number of allylic oxidation sites excluding steroid dienone is 1. The van der Waals surface area contributed by atoms with Crippen LogP contribution in [-0.2, 0) is 14.3 Å². The van der Waals surface area contributed by atoms with Crippen molar-refractivity contribution in [3.63, 3.8) is 0 Å². The summed E-state index contributed by atoms with van der Waals surface area (Å²) in [6.45, 7) is 1.99. The molecule has 3 nitrogen and oxygen atoms in total. The van der Waals surface area contributed by atoms with E-state index in [0.29, 0.717) is 12.2 Å². The highest BCUT2D eigenvalue weighted by Gasteiger charge is 2.38. The third kappa shape index (κ3) is 2.28. The van der Waals surface area contributed by atoms with Crippen molar-refractivity contribution in [2.75, 3.05) is 7.11 Å². The second-order valence-corrected chi connectivity index (χ2v) is 5.15. The van der Waals surface area contributed by atoms with E-state index in [1.54, 1.807) is 0 Å². The number of ketones is 1. The summed E-state index contributed by atoms with van der Waals surface area (Å²) in [5.41, 5.74) is 1.90. The van der Waals surface area contributed by atoms with Crippen LogP contribution in [0.3, 0.4) is 0 Å². The summed E-state index contributed by atoms with van der Waals surface area (Å²) in [5.74, 6) is 0.297. The molecule has 0 heterocycles. The molecule has 2 aliphatic rings. The lowest BCUT2D eigenvalue weighted by atomic mass is 9.76. The van der Waals surface area contributed by atoms with E-state index >= 15 is 0 Å². The van der Waals surface area contributed by atoms with Crippen molar-refractivity contribution in [3.05, 3.63) is 11.1 Å². The third-order valence-electron chi connectivity index (χ3n) is 4.15. The molecular formula is C14H20O3. The Morgan fingerprint density at radius 3 is 2.59 bits per heavy atom. The third-order valence-corrected chi connectivity index (χ3v) is 4.15. The zero-order chi connectivity index (χ0) is 12.4. The number of rotatable bonds is 2. The molecule has 1 saturated carbocycles. The SMILES string of the molecule is COC(=O)C1=C(C)CC[C@@H]1[C@@H]1CCCCC1=O. The number of carbonyl (C=O) groups excluding carboxylic acids is 2. The molecule has 1 fully saturated rings. The van der Waals surface area contributed by atoms with Gasteiger partial charge in [-0.1, -0.05) is 12.0 Å². The minimum Gasteiger partial charge on any atom is -0.466 e. The quantitative estimate of drug-likeness (QED) is 0.692. The topological polar surface area (TPSA) is 43.4 Å². The molecule has 0 bridgehead atoms. The lowest BCUT2D eigenvalue weighted by molar-refractivity contribution is -0.137. The first kappa shape index (κ1) is 12.3. The van der Waals surface area contributed by atoms with E-state index in [4.69, 9.17) is 4.74 Å². The van der Waals surface area contributed by atoms with Crippen LogP contribution in [0.1, 0.15) is 45.4 Å². The van der Waals surface area contributed by atoms with Gasteiger partial charge in [-0.2, -0.15) is 0 Å². The van der Waals surface area contributed by atoms with Crippen LogP contribution < -0.4 is 0 Å². The van der Waals surface area contributed by atoms with Crippen molar-refractivity contribution in [1.29, 1.82) is 0 Å². The maximum atomic E-state index is 12.0. The predicted molar refractivity (Wildman–Crippen MR) is 64.4 cm³/mol. The van der Waals surface area contributed by atoms with Crippen molar-refractivity contribution in [2.24, 2.45) is 11.8 Å². The maximum Gasteiger partial charge on any atom is 0.333 e. The fourth-order valence-corrected chi connectivity index (χ4v) is 3.24. The van der Waals surface area contributed by atoms with Crippen LogP contribution >= 0.6 is 0 Å². The molecule has 17 heavy (non-hydrogen) atoms. The Labute approximate surface area is 102 Å². The minimum absolute atomic E-state index is 0.0651. The highest BCUT2D eigenvalue weighted by atomic mass is 16.5. The molecule has 2 atom stereocenters. The van der Waals surface area contributed by atoms with E-state index < -0.39 is 0 Å². The van der Waals surface area contributed by atoms with Gasteiger partial charge in [-0.15, -0.1) is 0 Å². The molecular weight excluding hydrogens is 216 g/mol. The van der Waals surface area contributed by atoms with Crippen molar-refractivity contribution in [3.8, 4) is 0 Å². The molecule has 0 radical (unpaired) electrons. The largest absolute Gasteiger partial charge is 0.466 e. The number of esters is 1. The van der Waals surface area contributed by atoms with Crippen LogP contribution in [0.15, 0.2) is 11.1 Å². The van der Waals surface area contributed by atoms with Gasteiger partial charge >= 0.3 is 5.97 Å². The van der Waals surface area contributed by atoms with Gasteiger partial charge in [-0.05, 0) is 32.6 Å². The van der Waals surface area contributed by atoms with Crippen LogP contribution in [0.4, 0.5) is 0 Å². The zero-order valence-electron chi connectivity index (χ0n) is 10.6. The summed E-state index contributed by atoms with van der Waals surface area (Å²) in [7, 11) is 1.42. The first-order valence-corrected chi connectivity index (χ1v) is 6.45. The molecule has 3 heteroatoms. The normalized spacial score (nSPS) is 29.6. The second kappa shape index (κ2) is 5.03. The van der Waals surface area contributed by atoms with Gasteiger partial charge in [0.2, 0.25) is 0 Å². The van der Waals surface area contributed by atoms with Crippen LogP contribution in [0.5, 0.6) is 0 Å². The monoisotopic (exact) mass is 236 g/mol. The number of hydrogen-bond donors (Lipinski definition) is 0. The summed E-state index contributed by atoms with van der Waals surface area (Å²) in [6.07, 6.45) is 5.62. The Hall–Kier alpha value is -1.12. The fourth-order valence-electron chi connectivity index (χ4n) is 3.24. The standard InChI is InChI=1S/C14H20O3/c1-9-7-8-11(13(9)14(16)17-2)10-5-3-4-6-12(10)15/h10-11H,3-8H2,1-2H3/t10-,11+/m0/s1. The minimum atomic E-state index is -0.233. The van der Waals surface area contributed by atoms with Crippen LogP contribution in [-0.4, -0.2) is 18.9 Å². The molecule has 0 spiro atoms. The van der Waals surface area contributed by atoms with Gasteiger partial charge in [0.25, 0.3) is 0 Å². The molecule has 2 aliphatic carbocycles. The van der Waals surface area contributed by atoms with E-state index in [-0.39, 0.29) is 17.8 Å². The van der Waals surface area contributed by atoms with Gasteiger partial charge in [0.05, 0.1) is 7.11 Å². The summed E-state index contributed by atoms with van der Waals surface area (Å²) in [5, 5.41) is 0. The van der Waals surface area contributed by atoms with E-state index in [9.17, 15) is 9.59 Å². The molecule has 0 saturated heterocycles.